The van der Waals surface area contributed by atoms with Gasteiger partial charge in [0.1, 0.15) is 5.82 Å². The molecule has 0 bridgehead atoms. The van der Waals surface area contributed by atoms with Gasteiger partial charge in [0.05, 0.1) is 11.4 Å². The van der Waals surface area contributed by atoms with Gasteiger partial charge in [0.15, 0.2) is 0 Å². The molecule has 3 rings (SSSR count). The monoisotopic (exact) mass is 378 g/mol. The lowest BCUT2D eigenvalue weighted by Gasteiger charge is -2.05. The fourth-order valence-electron chi connectivity index (χ4n) is 2.41. The van der Waals surface area contributed by atoms with Gasteiger partial charge in [0.25, 0.3) is 0 Å². The van der Waals surface area contributed by atoms with E-state index in [1.807, 2.05) is 42.5 Å². The van der Waals surface area contributed by atoms with Crippen molar-refractivity contribution in [2.45, 2.75) is 10.6 Å². The van der Waals surface area contributed by atoms with Crippen LogP contribution < -0.4 is 11.1 Å². The Kier molecular flexibility index (Phi) is 6.28. The Morgan fingerprint density at radius 2 is 1.81 bits per heavy atom. The van der Waals surface area contributed by atoms with Crippen molar-refractivity contribution in [3.8, 4) is 0 Å². The van der Waals surface area contributed by atoms with Gasteiger partial charge in [0.2, 0.25) is 5.91 Å². The minimum atomic E-state index is -0.237. The molecule has 3 aromatic carbocycles. The molecule has 0 unspecified atom stereocenters. The summed E-state index contributed by atoms with van der Waals surface area (Å²) in [6.07, 6.45) is 3.22. The molecule has 0 radical (unpaired) electrons. The summed E-state index contributed by atoms with van der Waals surface area (Å²) in [5.74, 6) is 0.288. The maximum Gasteiger partial charge on any atom is 0.248 e. The first-order chi connectivity index (χ1) is 13.1. The van der Waals surface area contributed by atoms with Crippen LogP contribution >= 0.6 is 11.8 Å². The van der Waals surface area contributed by atoms with Crippen molar-refractivity contribution in [2.75, 3.05) is 11.1 Å². The van der Waals surface area contributed by atoms with Gasteiger partial charge < -0.3 is 11.1 Å². The van der Waals surface area contributed by atoms with Crippen LogP contribution in [0.2, 0.25) is 0 Å². The largest absolute Gasteiger partial charge is 0.397 e. The zero-order chi connectivity index (χ0) is 19.1. The molecule has 0 fully saturated rings. The SMILES string of the molecule is Nc1ccccc1NC(=O)/C=C/c1ccc(CSc2cccc(F)c2)cc1. The quantitative estimate of drug-likeness (QED) is 0.345. The van der Waals surface area contributed by atoms with Gasteiger partial charge in [-0.25, -0.2) is 4.39 Å². The fourth-order valence-corrected chi connectivity index (χ4v) is 3.30. The number of rotatable bonds is 6. The molecule has 3 aromatic rings. The third kappa shape index (κ3) is 5.72. The van der Waals surface area contributed by atoms with Crippen LogP contribution in [0.5, 0.6) is 0 Å². The highest BCUT2D eigenvalue weighted by Crippen LogP contribution is 2.23. The van der Waals surface area contributed by atoms with E-state index in [1.165, 1.54) is 18.2 Å². The number of hydrogen-bond acceptors (Lipinski definition) is 3. The Morgan fingerprint density at radius 1 is 1.04 bits per heavy atom. The zero-order valence-corrected chi connectivity index (χ0v) is 15.4. The first-order valence-corrected chi connectivity index (χ1v) is 9.39. The van der Waals surface area contributed by atoms with Gasteiger partial charge in [-0.15, -0.1) is 11.8 Å². The lowest BCUT2D eigenvalue weighted by atomic mass is 10.1. The van der Waals surface area contributed by atoms with Crippen LogP contribution in [-0.4, -0.2) is 5.91 Å². The Labute approximate surface area is 162 Å². The van der Waals surface area contributed by atoms with Gasteiger partial charge in [-0.1, -0.05) is 42.5 Å². The summed E-state index contributed by atoms with van der Waals surface area (Å²) in [5.41, 5.74) is 8.98. The first kappa shape index (κ1) is 18.7. The van der Waals surface area contributed by atoms with Crippen LogP contribution in [0.4, 0.5) is 15.8 Å². The highest BCUT2D eigenvalue weighted by Gasteiger charge is 2.01. The Bertz CT molecular complexity index is 955. The smallest absolute Gasteiger partial charge is 0.248 e. The molecule has 3 nitrogen and oxygen atoms in total. The molecule has 1 amide bonds. The Morgan fingerprint density at radius 3 is 2.56 bits per heavy atom. The zero-order valence-electron chi connectivity index (χ0n) is 14.6. The number of hydrogen-bond donors (Lipinski definition) is 2. The van der Waals surface area contributed by atoms with E-state index in [-0.39, 0.29) is 11.7 Å². The summed E-state index contributed by atoms with van der Waals surface area (Å²) in [4.78, 5) is 12.9. The molecule has 0 aliphatic carbocycles. The van der Waals surface area contributed by atoms with E-state index in [4.69, 9.17) is 5.73 Å². The van der Waals surface area contributed by atoms with Crippen molar-refractivity contribution in [2.24, 2.45) is 0 Å². The Hall–Kier alpha value is -3.05. The highest BCUT2D eigenvalue weighted by atomic mass is 32.2. The van der Waals surface area contributed by atoms with E-state index < -0.39 is 0 Å². The molecule has 5 heteroatoms. The van der Waals surface area contributed by atoms with Crippen molar-refractivity contribution in [3.05, 3.63) is 95.8 Å². The molecular formula is C22H19FN2OS. The number of benzene rings is 3. The molecule has 0 spiro atoms. The minimum Gasteiger partial charge on any atom is -0.397 e. The first-order valence-electron chi connectivity index (χ1n) is 8.41. The summed E-state index contributed by atoms with van der Waals surface area (Å²) in [6, 6.07) is 21.6. The van der Waals surface area contributed by atoms with E-state index in [1.54, 1.807) is 36.0 Å². The number of carbonyl (C=O) groups is 1. The number of nitrogens with one attached hydrogen (secondary N) is 1. The van der Waals surface area contributed by atoms with Crippen LogP contribution in [0.15, 0.2) is 83.8 Å². The summed E-state index contributed by atoms with van der Waals surface area (Å²) in [7, 11) is 0. The number of halogens is 1. The van der Waals surface area contributed by atoms with Gasteiger partial charge in [-0.2, -0.15) is 0 Å². The third-order valence-electron chi connectivity index (χ3n) is 3.83. The van der Waals surface area contributed by atoms with Crippen molar-refractivity contribution in [3.63, 3.8) is 0 Å². The summed E-state index contributed by atoms with van der Waals surface area (Å²) < 4.78 is 13.2. The molecule has 0 aliphatic rings. The number of para-hydroxylation sites is 2. The molecule has 0 saturated heterocycles. The second-order valence-electron chi connectivity index (χ2n) is 5.90. The maximum absolute atomic E-state index is 13.2. The standard InChI is InChI=1S/C22H19FN2OS/c23-18-4-3-5-19(14-18)27-15-17-10-8-16(9-11-17)12-13-22(26)25-21-7-2-1-6-20(21)24/h1-14H,15,24H2,(H,25,26)/b13-12+. The number of amides is 1. The van der Waals surface area contributed by atoms with E-state index in [0.717, 1.165) is 21.8 Å². The third-order valence-corrected chi connectivity index (χ3v) is 4.89. The number of nitrogen functional groups attached to an aromatic ring is 1. The van der Waals surface area contributed by atoms with Gasteiger partial charge >= 0.3 is 0 Å². The maximum atomic E-state index is 13.2. The molecular weight excluding hydrogens is 359 g/mol. The topological polar surface area (TPSA) is 55.1 Å². The van der Waals surface area contributed by atoms with Gasteiger partial charge in [-0.05, 0) is 47.5 Å². The van der Waals surface area contributed by atoms with Crippen molar-refractivity contribution in [1.82, 2.24) is 0 Å². The fraction of sp³-hybridized carbons (Fsp3) is 0.0455. The predicted octanol–water partition coefficient (Wildman–Crippen LogP) is 5.35. The summed E-state index contributed by atoms with van der Waals surface area (Å²) in [5, 5.41) is 2.75. The second-order valence-corrected chi connectivity index (χ2v) is 6.95. The van der Waals surface area contributed by atoms with Crippen LogP contribution in [0.25, 0.3) is 6.08 Å². The average Bonchev–Trinajstić information content (AvgIpc) is 2.67. The van der Waals surface area contributed by atoms with Crippen LogP contribution in [-0.2, 0) is 10.5 Å². The number of carbonyl (C=O) groups excluding carboxylic acids is 1. The summed E-state index contributed by atoms with van der Waals surface area (Å²) in [6.45, 7) is 0. The molecule has 0 atom stereocenters. The predicted molar refractivity (Wildman–Crippen MR) is 111 cm³/mol. The normalized spacial score (nSPS) is 10.9. The Balaban J connectivity index is 1.54. The van der Waals surface area contributed by atoms with Crippen molar-refractivity contribution >= 4 is 35.1 Å². The number of anilines is 2. The summed E-state index contributed by atoms with van der Waals surface area (Å²) >= 11 is 1.58. The molecule has 0 heterocycles. The van der Waals surface area contributed by atoms with Crippen LogP contribution in [0.3, 0.4) is 0 Å². The molecule has 0 saturated carbocycles. The van der Waals surface area contributed by atoms with Crippen molar-refractivity contribution < 1.29 is 9.18 Å². The van der Waals surface area contributed by atoms with E-state index >= 15 is 0 Å². The van der Waals surface area contributed by atoms with Gasteiger partial charge in [-0.3, -0.25) is 4.79 Å². The minimum absolute atomic E-state index is 0.226. The van der Waals surface area contributed by atoms with Crippen LogP contribution in [0.1, 0.15) is 11.1 Å². The molecule has 0 aromatic heterocycles. The second kappa shape index (κ2) is 9.05. The van der Waals surface area contributed by atoms with Gasteiger partial charge in [0, 0.05) is 16.7 Å². The number of thioether (sulfide) groups is 1. The molecule has 0 aliphatic heterocycles. The van der Waals surface area contributed by atoms with E-state index in [0.29, 0.717) is 11.4 Å². The lowest BCUT2D eigenvalue weighted by Crippen LogP contribution is -2.09. The van der Waals surface area contributed by atoms with Crippen LogP contribution in [0, 0.1) is 5.82 Å². The lowest BCUT2D eigenvalue weighted by molar-refractivity contribution is -0.111. The molecule has 136 valence electrons. The molecule has 27 heavy (non-hydrogen) atoms. The van der Waals surface area contributed by atoms with E-state index in [9.17, 15) is 9.18 Å². The van der Waals surface area contributed by atoms with Crippen molar-refractivity contribution in [1.29, 1.82) is 0 Å². The van der Waals surface area contributed by atoms with E-state index in [2.05, 4.69) is 5.32 Å². The average molecular weight is 378 g/mol. The number of nitrogens with two attached hydrogens (primary N) is 1. The molecule has 3 N–H and O–H groups in total. The highest BCUT2D eigenvalue weighted by molar-refractivity contribution is 7.98.